The molecule has 3 aromatic rings. The number of halogens is 1. The molecule has 3 fully saturated rings. The lowest BCUT2D eigenvalue weighted by Crippen LogP contribution is -2.43. The lowest BCUT2D eigenvalue weighted by Gasteiger charge is -2.36. The topological polar surface area (TPSA) is 200 Å². The fourth-order valence-corrected chi connectivity index (χ4v) is 9.37. The number of tetrazole rings is 1. The molecule has 0 radical (unpaired) electrons. The van der Waals surface area contributed by atoms with Crippen molar-refractivity contribution in [2.45, 2.75) is 146 Å². The van der Waals surface area contributed by atoms with Gasteiger partial charge in [-0.1, -0.05) is 32.5 Å². The third-order valence-electron chi connectivity index (χ3n) is 10.2. The Labute approximate surface area is 333 Å². The van der Waals surface area contributed by atoms with Crippen molar-refractivity contribution in [2.24, 2.45) is 0 Å². The molecule has 0 aromatic carbocycles. The van der Waals surface area contributed by atoms with Gasteiger partial charge in [0.1, 0.15) is 31.1 Å². The number of amides is 1. The Hall–Kier alpha value is -2.61. The van der Waals surface area contributed by atoms with Crippen LogP contribution < -0.4 is 4.90 Å². The van der Waals surface area contributed by atoms with Crippen LogP contribution >= 0.6 is 18.7 Å². The molecule has 56 heavy (non-hydrogen) atoms. The van der Waals surface area contributed by atoms with Crippen LogP contribution in [0.15, 0.2) is 6.20 Å². The Bertz CT molecular complexity index is 1910. The fraction of sp³-hybridized carbons (Fsp3) is 0.800. The summed E-state index contributed by atoms with van der Waals surface area (Å²) < 4.78 is 52.8. The summed E-state index contributed by atoms with van der Waals surface area (Å²) in [4.78, 5) is 25.7. The number of carbonyl (C=O) groups is 1. The van der Waals surface area contributed by atoms with Gasteiger partial charge in [-0.05, 0) is 83.6 Å². The van der Waals surface area contributed by atoms with Crippen molar-refractivity contribution < 1.29 is 42.9 Å². The van der Waals surface area contributed by atoms with Crippen molar-refractivity contribution in [2.75, 3.05) is 38.1 Å². The molecule has 18 nitrogen and oxygen atoms in total. The second-order valence-electron chi connectivity index (χ2n) is 17.9. The highest BCUT2D eigenvalue weighted by atomic mass is 35.5. The number of nitrogens with zero attached hydrogens (tertiary/aromatic N) is 9. The van der Waals surface area contributed by atoms with E-state index in [0.717, 1.165) is 31.7 Å². The van der Waals surface area contributed by atoms with Crippen LogP contribution in [0.2, 0.25) is 31.0 Å². The van der Waals surface area contributed by atoms with E-state index in [0.29, 0.717) is 23.5 Å². The Morgan fingerprint density at radius 1 is 1.14 bits per heavy atom. The van der Waals surface area contributed by atoms with Gasteiger partial charge in [-0.2, -0.15) is 15.1 Å². The number of aromatic nitrogens is 8. The summed E-state index contributed by atoms with van der Waals surface area (Å²) in [5, 5.41) is 27.0. The van der Waals surface area contributed by atoms with E-state index >= 15 is 0 Å². The molecular weight excluding hydrogens is 785 g/mol. The van der Waals surface area contributed by atoms with Gasteiger partial charge < -0.3 is 38.1 Å². The Balaban J connectivity index is 1.25. The van der Waals surface area contributed by atoms with Crippen LogP contribution in [-0.4, -0.2) is 133 Å². The summed E-state index contributed by atoms with van der Waals surface area (Å²) in [6, 6.07) is 0.853. The number of aliphatic hydroxyl groups is 1. The van der Waals surface area contributed by atoms with E-state index < -0.39 is 69.2 Å². The summed E-state index contributed by atoms with van der Waals surface area (Å²) in [5.41, 5.74) is -0.418. The quantitative estimate of drug-likeness (QED) is 0.0876. The number of anilines is 1. The Morgan fingerprint density at radius 3 is 2.48 bits per heavy atom. The first-order chi connectivity index (χ1) is 26.1. The van der Waals surface area contributed by atoms with E-state index in [1.54, 1.807) is 43.0 Å². The van der Waals surface area contributed by atoms with E-state index in [4.69, 9.17) is 40.0 Å². The van der Waals surface area contributed by atoms with Crippen molar-refractivity contribution >= 4 is 49.8 Å². The van der Waals surface area contributed by atoms with E-state index in [1.165, 1.54) is 4.80 Å². The highest BCUT2D eigenvalue weighted by Crippen LogP contribution is 2.54. The van der Waals surface area contributed by atoms with Crippen molar-refractivity contribution in [3.8, 4) is 0 Å². The van der Waals surface area contributed by atoms with Gasteiger partial charge in [0.15, 0.2) is 41.4 Å². The maximum Gasteiger partial charge on any atom is 0.416 e. The molecule has 2 aliphatic heterocycles. The maximum absolute atomic E-state index is 13.9. The summed E-state index contributed by atoms with van der Waals surface area (Å²) >= 11 is 6.58. The van der Waals surface area contributed by atoms with Gasteiger partial charge in [-0.3, -0.25) is 4.90 Å². The molecule has 5 atom stereocenters. The van der Waals surface area contributed by atoms with Gasteiger partial charge in [-0.15, -0.1) is 15.0 Å². The molecule has 0 bridgehead atoms. The van der Waals surface area contributed by atoms with Crippen molar-refractivity contribution in [3.05, 3.63) is 17.3 Å². The molecule has 21 heteroatoms. The third-order valence-corrected chi connectivity index (χ3v) is 14.4. The van der Waals surface area contributed by atoms with E-state index in [2.05, 4.69) is 50.1 Å². The third kappa shape index (κ3) is 9.63. The second kappa shape index (κ2) is 16.2. The number of hydrogen-bond acceptors (Lipinski definition) is 15. The zero-order valence-corrected chi connectivity index (χ0v) is 36.7. The van der Waals surface area contributed by atoms with Gasteiger partial charge in [0.2, 0.25) is 5.28 Å². The molecule has 6 rings (SSSR count). The summed E-state index contributed by atoms with van der Waals surface area (Å²) in [6.45, 7) is 19.0. The van der Waals surface area contributed by atoms with Crippen LogP contribution in [0.4, 0.5) is 10.6 Å². The van der Waals surface area contributed by atoms with Gasteiger partial charge in [-0.25, -0.2) is 9.48 Å². The Morgan fingerprint density at radius 2 is 1.84 bits per heavy atom. The normalized spacial score (nSPS) is 24.1. The van der Waals surface area contributed by atoms with E-state index in [-0.39, 0.29) is 36.9 Å². The largest absolute Gasteiger partial charge is 0.443 e. The van der Waals surface area contributed by atoms with Crippen LogP contribution in [0.3, 0.4) is 0 Å². The smallest absolute Gasteiger partial charge is 0.416 e. The molecule has 1 N–H and O–H groups in total. The highest BCUT2D eigenvalue weighted by Gasteiger charge is 2.57. The van der Waals surface area contributed by atoms with Crippen molar-refractivity contribution in [3.63, 3.8) is 0 Å². The van der Waals surface area contributed by atoms with Crippen LogP contribution in [-0.2, 0) is 46.1 Å². The minimum absolute atomic E-state index is 0.0765. The van der Waals surface area contributed by atoms with Gasteiger partial charge >= 0.3 is 6.09 Å². The predicted octanol–water partition coefficient (Wildman–Crippen LogP) is 5.45. The van der Waals surface area contributed by atoms with Gasteiger partial charge in [0.05, 0.1) is 24.8 Å². The monoisotopic (exact) mass is 841 g/mol. The molecule has 5 heterocycles. The van der Waals surface area contributed by atoms with Crippen LogP contribution in [0.1, 0.15) is 72.4 Å². The first-order valence-electron chi connectivity index (χ1n) is 19.2. The van der Waals surface area contributed by atoms with Crippen molar-refractivity contribution in [1.82, 2.24) is 40.0 Å². The lowest BCUT2D eigenvalue weighted by molar-refractivity contribution is -0.206. The highest BCUT2D eigenvalue weighted by molar-refractivity contribution is 7.63. The van der Waals surface area contributed by atoms with E-state index in [1.807, 2.05) is 20.8 Å². The molecule has 0 spiro atoms. The minimum Gasteiger partial charge on any atom is -0.443 e. The molecule has 1 amide bonds. The number of aliphatic hydroxyl groups excluding tert-OH is 1. The fourth-order valence-electron chi connectivity index (χ4n) is 7.21. The zero-order chi connectivity index (χ0) is 40.8. The number of carbonyl (C=O) groups excluding carboxylic acids is 1. The maximum atomic E-state index is 13.9. The molecule has 3 aromatic heterocycles. The minimum atomic E-state index is -3.20. The average Bonchev–Trinajstić information content (AvgIpc) is 3.90. The van der Waals surface area contributed by atoms with Crippen LogP contribution in [0.5, 0.6) is 0 Å². The summed E-state index contributed by atoms with van der Waals surface area (Å²) in [6.07, 6.45) is 1.49. The predicted molar refractivity (Wildman–Crippen MR) is 210 cm³/mol. The lowest BCUT2D eigenvalue weighted by atomic mass is 10.1. The Kier molecular flexibility index (Phi) is 12.4. The van der Waals surface area contributed by atoms with Crippen molar-refractivity contribution in [1.29, 1.82) is 0 Å². The molecule has 1 aliphatic carbocycles. The number of ether oxygens (including phenoxy) is 6. The molecular formula is C35H57ClN9O9PSi. The first kappa shape index (κ1) is 43.0. The number of fused-ring (bicyclic) bond motifs is 2. The standard InChI is InChI=1S/C35H57ClN9O9PSi/c1-33(2,3)54-32(47)44(22-13-11-12-14-22)28-23-18-37-45(29(23)39-31(36)38-28)30-27-26(52-34(4,5)53-27)24(51-30)19-50-35(20-46,55(6,7)48)17-25-40-42-43(41-25)21-49-15-16-56(8,9)10/h18,22,24,26-27,30,46H,11-17,19-21H2,1-10H3/t24-,26-,27-,30-,35?/m1/s1. The average molecular weight is 842 g/mol. The molecule has 312 valence electrons. The summed E-state index contributed by atoms with van der Waals surface area (Å²) in [5.74, 6) is -0.455. The SMILES string of the molecule is CC(C)(C)OC(=O)N(c1nc(Cl)nc2c1cnn2[C@@H]1O[C@H](COC(CO)(Cc2nnn(COCC[Si](C)(C)C)n2)P(C)(C)=O)[C@H]2OC(C)(C)O[C@H]21)C1CCCC1. The summed E-state index contributed by atoms with van der Waals surface area (Å²) in [7, 11) is -4.47. The molecule has 3 aliphatic rings. The molecule has 1 unspecified atom stereocenters. The van der Waals surface area contributed by atoms with Crippen LogP contribution in [0, 0.1) is 0 Å². The second-order valence-corrected chi connectivity index (χ2v) is 27.4. The van der Waals surface area contributed by atoms with Crippen LogP contribution in [0.25, 0.3) is 11.0 Å². The number of hydrogen-bond donors (Lipinski definition) is 1. The van der Waals surface area contributed by atoms with E-state index in [9.17, 15) is 14.5 Å². The zero-order valence-electron chi connectivity index (χ0n) is 34.1. The first-order valence-corrected chi connectivity index (χ1v) is 25.9. The van der Waals surface area contributed by atoms with Gasteiger partial charge in [0.25, 0.3) is 0 Å². The molecule has 2 saturated heterocycles. The molecule has 1 saturated carbocycles. The van der Waals surface area contributed by atoms with Gasteiger partial charge in [0, 0.05) is 27.1 Å². The number of rotatable bonds is 15.